The van der Waals surface area contributed by atoms with Gasteiger partial charge in [0.05, 0.1) is 11.7 Å². The van der Waals surface area contributed by atoms with Crippen LogP contribution in [0.3, 0.4) is 0 Å². The van der Waals surface area contributed by atoms with Crippen molar-refractivity contribution in [2.45, 2.75) is 31.8 Å². The SMILES string of the molecule is NCCc1cn(CC(=O)N2CCCC2c2cccs2)nn1. The fourth-order valence-electron chi connectivity index (χ4n) is 2.75. The lowest BCUT2D eigenvalue weighted by Crippen LogP contribution is -2.33. The van der Waals surface area contributed by atoms with E-state index in [2.05, 4.69) is 21.8 Å². The molecule has 0 radical (unpaired) electrons. The quantitative estimate of drug-likeness (QED) is 0.900. The predicted octanol–water partition coefficient (Wildman–Crippen LogP) is 1.20. The monoisotopic (exact) mass is 305 g/mol. The molecule has 3 rings (SSSR count). The Bertz CT molecular complexity index is 594. The van der Waals surface area contributed by atoms with Crippen LogP contribution < -0.4 is 5.73 Å². The highest BCUT2D eigenvalue weighted by Gasteiger charge is 2.30. The van der Waals surface area contributed by atoms with Gasteiger partial charge in [-0.2, -0.15) is 0 Å². The third-order valence-corrected chi connectivity index (χ3v) is 4.70. The van der Waals surface area contributed by atoms with Crippen LogP contribution in [0.4, 0.5) is 0 Å². The Morgan fingerprint density at radius 1 is 1.52 bits per heavy atom. The van der Waals surface area contributed by atoms with E-state index in [1.807, 2.05) is 11.0 Å². The van der Waals surface area contributed by atoms with Crippen molar-refractivity contribution in [2.75, 3.05) is 13.1 Å². The zero-order valence-corrected chi connectivity index (χ0v) is 12.6. The van der Waals surface area contributed by atoms with Crippen LogP contribution in [0, 0.1) is 0 Å². The molecule has 1 fully saturated rings. The van der Waals surface area contributed by atoms with Crippen molar-refractivity contribution < 1.29 is 4.79 Å². The van der Waals surface area contributed by atoms with Crippen LogP contribution in [0.5, 0.6) is 0 Å². The largest absolute Gasteiger partial charge is 0.333 e. The van der Waals surface area contributed by atoms with Gasteiger partial charge in [-0.25, -0.2) is 4.68 Å². The van der Waals surface area contributed by atoms with Crippen LogP contribution in [0.2, 0.25) is 0 Å². The maximum absolute atomic E-state index is 12.5. The summed E-state index contributed by atoms with van der Waals surface area (Å²) in [6, 6.07) is 4.37. The van der Waals surface area contributed by atoms with Crippen molar-refractivity contribution in [2.24, 2.45) is 5.73 Å². The van der Waals surface area contributed by atoms with Gasteiger partial charge >= 0.3 is 0 Å². The first kappa shape index (κ1) is 14.2. The van der Waals surface area contributed by atoms with E-state index in [-0.39, 0.29) is 18.5 Å². The van der Waals surface area contributed by atoms with E-state index in [1.54, 1.807) is 22.2 Å². The summed E-state index contributed by atoms with van der Waals surface area (Å²) in [6.07, 6.45) is 4.60. The molecule has 0 aliphatic carbocycles. The Kier molecular flexibility index (Phi) is 4.31. The Balaban J connectivity index is 1.66. The highest BCUT2D eigenvalue weighted by Crippen LogP contribution is 2.34. The molecule has 7 heteroatoms. The number of hydrogen-bond acceptors (Lipinski definition) is 5. The first-order valence-corrected chi connectivity index (χ1v) is 8.08. The molecule has 0 aromatic carbocycles. The maximum atomic E-state index is 12.5. The molecule has 0 spiro atoms. The molecule has 1 saturated heterocycles. The summed E-state index contributed by atoms with van der Waals surface area (Å²) in [5.41, 5.74) is 6.33. The second kappa shape index (κ2) is 6.36. The summed E-state index contributed by atoms with van der Waals surface area (Å²) in [6.45, 7) is 1.62. The number of nitrogens with zero attached hydrogens (tertiary/aromatic N) is 4. The van der Waals surface area contributed by atoms with Gasteiger partial charge in [0.15, 0.2) is 0 Å². The summed E-state index contributed by atoms with van der Waals surface area (Å²) in [5.74, 6) is 0.107. The summed E-state index contributed by atoms with van der Waals surface area (Å²) in [7, 11) is 0. The fraction of sp³-hybridized carbons (Fsp3) is 0.500. The molecule has 1 aliphatic rings. The summed E-state index contributed by atoms with van der Waals surface area (Å²) >= 11 is 1.72. The minimum absolute atomic E-state index is 0.107. The van der Waals surface area contributed by atoms with Gasteiger partial charge in [-0.15, -0.1) is 16.4 Å². The number of aromatic nitrogens is 3. The van der Waals surface area contributed by atoms with Crippen LogP contribution in [-0.2, 0) is 17.8 Å². The lowest BCUT2D eigenvalue weighted by Gasteiger charge is -2.23. The zero-order valence-electron chi connectivity index (χ0n) is 11.8. The van der Waals surface area contributed by atoms with E-state index in [0.717, 1.165) is 25.1 Å². The molecule has 21 heavy (non-hydrogen) atoms. The van der Waals surface area contributed by atoms with Gasteiger partial charge in [-0.05, 0) is 30.8 Å². The molecule has 1 amide bonds. The molecule has 1 atom stereocenters. The number of nitrogens with two attached hydrogens (primary N) is 1. The molecule has 1 unspecified atom stereocenters. The second-order valence-electron chi connectivity index (χ2n) is 5.21. The van der Waals surface area contributed by atoms with E-state index in [0.29, 0.717) is 13.0 Å². The molecule has 1 aliphatic heterocycles. The molecule has 0 bridgehead atoms. The van der Waals surface area contributed by atoms with Crippen molar-refractivity contribution >= 4 is 17.2 Å². The van der Waals surface area contributed by atoms with Gasteiger partial charge in [0, 0.05) is 24.0 Å². The normalized spacial score (nSPS) is 18.3. The van der Waals surface area contributed by atoms with Gasteiger partial charge in [0.1, 0.15) is 6.54 Å². The van der Waals surface area contributed by atoms with Crippen molar-refractivity contribution in [1.29, 1.82) is 0 Å². The Morgan fingerprint density at radius 2 is 2.43 bits per heavy atom. The summed E-state index contributed by atoms with van der Waals surface area (Å²) < 4.78 is 1.61. The Hall–Kier alpha value is -1.73. The zero-order chi connectivity index (χ0) is 14.7. The number of carbonyl (C=O) groups is 1. The average molecular weight is 305 g/mol. The molecule has 2 aromatic heterocycles. The van der Waals surface area contributed by atoms with Crippen LogP contribution in [0.25, 0.3) is 0 Å². The van der Waals surface area contributed by atoms with Crippen LogP contribution in [-0.4, -0.2) is 38.9 Å². The van der Waals surface area contributed by atoms with E-state index in [1.165, 1.54) is 4.88 Å². The third-order valence-electron chi connectivity index (χ3n) is 3.73. The molecule has 2 N–H and O–H groups in total. The first-order valence-electron chi connectivity index (χ1n) is 7.20. The number of rotatable bonds is 5. The van der Waals surface area contributed by atoms with Crippen molar-refractivity contribution in [3.63, 3.8) is 0 Å². The second-order valence-corrected chi connectivity index (χ2v) is 6.19. The van der Waals surface area contributed by atoms with Gasteiger partial charge in [-0.3, -0.25) is 4.79 Å². The Labute approximate surface area is 127 Å². The van der Waals surface area contributed by atoms with Crippen LogP contribution >= 0.6 is 11.3 Å². The van der Waals surface area contributed by atoms with Gasteiger partial charge in [0.25, 0.3) is 0 Å². The number of likely N-dealkylation sites (tertiary alicyclic amines) is 1. The minimum Gasteiger partial charge on any atom is -0.333 e. The lowest BCUT2D eigenvalue weighted by molar-refractivity contribution is -0.132. The van der Waals surface area contributed by atoms with Crippen molar-refractivity contribution in [3.05, 3.63) is 34.3 Å². The minimum atomic E-state index is 0.107. The highest BCUT2D eigenvalue weighted by molar-refractivity contribution is 7.10. The number of amides is 1. The topological polar surface area (TPSA) is 77.0 Å². The maximum Gasteiger partial charge on any atom is 0.244 e. The lowest BCUT2D eigenvalue weighted by atomic mass is 10.2. The molecule has 0 saturated carbocycles. The van der Waals surface area contributed by atoms with Crippen LogP contribution in [0.1, 0.15) is 29.5 Å². The summed E-state index contributed by atoms with van der Waals surface area (Å²) in [4.78, 5) is 15.7. The third kappa shape index (κ3) is 3.14. The van der Waals surface area contributed by atoms with Gasteiger partial charge < -0.3 is 10.6 Å². The van der Waals surface area contributed by atoms with Crippen molar-refractivity contribution in [1.82, 2.24) is 19.9 Å². The Morgan fingerprint density at radius 3 is 3.19 bits per heavy atom. The van der Waals surface area contributed by atoms with Crippen LogP contribution in [0.15, 0.2) is 23.7 Å². The standard InChI is InChI=1S/C14H19N5OS/c15-6-5-11-9-18(17-16-11)10-14(20)19-7-1-3-12(19)13-4-2-8-21-13/h2,4,8-9,12H,1,3,5-7,10,15H2. The number of hydrogen-bond donors (Lipinski definition) is 1. The molecule has 3 heterocycles. The van der Waals surface area contributed by atoms with E-state index < -0.39 is 0 Å². The average Bonchev–Trinajstić information content (AvgIpc) is 3.20. The van der Waals surface area contributed by atoms with Gasteiger partial charge in [0.2, 0.25) is 5.91 Å². The molecule has 112 valence electrons. The molecule has 2 aromatic rings. The fourth-order valence-corrected chi connectivity index (χ4v) is 3.62. The van der Waals surface area contributed by atoms with E-state index in [9.17, 15) is 4.79 Å². The van der Waals surface area contributed by atoms with E-state index in [4.69, 9.17) is 5.73 Å². The highest BCUT2D eigenvalue weighted by atomic mass is 32.1. The smallest absolute Gasteiger partial charge is 0.244 e. The molecular weight excluding hydrogens is 286 g/mol. The summed E-state index contributed by atoms with van der Waals surface area (Å²) in [5, 5.41) is 10.1. The molecule has 6 nitrogen and oxygen atoms in total. The van der Waals surface area contributed by atoms with Gasteiger partial charge in [-0.1, -0.05) is 11.3 Å². The predicted molar refractivity (Wildman–Crippen MR) is 80.8 cm³/mol. The van der Waals surface area contributed by atoms with E-state index >= 15 is 0 Å². The molecular formula is C14H19N5OS. The van der Waals surface area contributed by atoms with Crippen molar-refractivity contribution in [3.8, 4) is 0 Å². The first-order chi connectivity index (χ1) is 10.3. The number of carbonyl (C=O) groups excluding carboxylic acids is 1. The number of thiophene rings is 1.